The molecule has 0 N–H and O–H groups in total. The lowest BCUT2D eigenvalue weighted by Gasteiger charge is -1.98. The van der Waals surface area contributed by atoms with E-state index in [1.807, 2.05) is 12.1 Å². The number of hydrogen-bond acceptors (Lipinski definition) is 5. The first-order valence-corrected chi connectivity index (χ1v) is 5.25. The molecule has 2 aromatic heterocycles. The van der Waals surface area contributed by atoms with Crippen LogP contribution in [0, 0.1) is 0 Å². The van der Waals surface area contributed by atoms with Gasteiger partial charge in [-0.25, -0.2) is 4.98 Å². The van der Waals surface area contributed by atoms with Gasteiger partial charge in [0.1, 0.15) is 5.69 Å². The molecule has 0 saturated heterocycles. The summed E-state index contributed by atoms with van der Waals surface area (Å²) in [6.45, 7) is 2.09. The highest BCUT2D eigenvalue weighted by molar-refractivity contribution is 7.99. The molecule has 0 radical (unpaired) electrons. The van der Waals surface area contributed by atoms with Gasteiger partial charge < -0.3 is 4.52 Å². The van der Waals surface area contributed by atoms with Gasteiger partial charge in [-0.3, -0.25) is 0 Å². The van der Waals surface area contributed by atoms with Crippen molar-refractivity contribution in [3.63, 3.8) is 0 Å². The van der Waals surface area contributed by atoms with E-state index in [-0.39, 0.29) is 0 Å². The predicted molar refractivity (Wildman–Crippen MR) is 53.9 cm³/mol. The summed E-state index contributed by atoms with van der Waals surface area (Å²) >= 11 is 1.70. The molecule has 0 saturated carbocycles. The van der Waals surface area contributed by atoms with Crippen LogP contribution in [0.5, 0.6) is 0 Å². The number of pyridine rings is 1. The standard InChI is InChI=1S/C9H9N3OS/c1-2-14-9-5-7(3-4-10-9)8-6-13-12-11-8/h3-6H,2H2,1H3. The lowest BCUT2D eigenvalue weighted by molar-refractivity contribution is 0.393. The predicted octanol–water partition coefficient (Wildman–Crippen LogP) is 2.24. The third-order valence-electron chi connectivity index (χ3n) is 1.68. The number of thioether (sulfide) groups is 1. The van der Waals surface area contributed by atoms with Gasteiger partial charge >= 0.3 is 0 Å². The summed E-state index contributed by atoms with van der Waals surface area (Å²) in [4.78, 5) is 4.22. The second kappa shape index (κ2) is 4.23. The van der Waals surface area contributed by atoms with Crippen molar-refractivity contribution in [2.75, 3.05) is 5.75 Å². The molecule has 5 heteroatoms. The molecular weight excluding hydrogens is 198 g/mol. The summed E-state index contributed by atoms with van der Waals surface area (Å²) in [5.74, 6) is 1.01. The van der Waals surface area contributed by atoms with E-state index >= 15 is 0 Å². The largest absolute Gasteiger partial charge is 0.345 e. The molecule has 0 aliphatic heterocycles. The van der Waals surface area contributed by atoms with Gasteiger partial charge in [-0.15, -0.1) is 16.9 Å². The summed E-state index contributed by atoms with van der Waals surface area (Å²) in [6.07, 6.45) is 3.29. The maximum atomic E-state index is 4.68. The van der Waals surface area contributed by atoms with E-state index in [1.165, 1.54) is 6.26 Å². The number of rotatable bonds is 3. The molecule has 0 aliphatic rings. The zero-order chi connectivity index (χ0) is 9.80. The minimum absolute atomic E-state index is 0.741. The van der Waals surface area contributed by atoms with Crippen LogP contribution in [0.4, 0.5) is 0 Å². The first kappa shape index (κ1) is 9.21. The van der Waals surface area contributed by atoms with E-state index in [4.69, 9.17) is 0 Å². The van der Waals surface area contributed by atoms with Crippen molar-refractivity contribution in [2.24, 2.45) is 0 Å². The summed E-state index contributed by atoms with van der Waals surface area (Å²) < 4.78 is 4.68. The summed E-state index contributed by atoms with van der Waals surface area (Å²) in [7, 11) is 0. The minimum Gasteiger partial charge on any atom is -0.345 e. The lowest BCUT2D eigenvalue weighted by atomic mass is 10.2. The molecule has 0 unspecified atom stereocenters. The van der Waals surface area contributed by atoms with Gasteiger partial charge in [0.2, 0.25) is 0 Å². The molecule has 0 aliphatic carbocycles. The maximum Gasteiger partial charge on any atom is 0.152 e. The van der Waals surface area contributed by atoms with Gasteiger partial charge in [0.15, 0.2) is 6.26 Å². The third kappa shape index (κ3) is 1.93. The van der Waals surface area contributed by atoms with E-state index in [0.29, 0.717) is 0 Å². The zero-order valence-corrected chi connectivity index (χ0v) is 8.49. The molecule has 0 aromatic carbocycles. The minimum atomic E-state index is 0.741. The Hall–Kier alpha value is -1.36. The highest BCUT2D eigenvalue weighted by Gasteiger charge is 2.03. The van der Waals surface area contributed by atoms with Crippen LogP contribution in [0.25, 0.3) is 11.3 Å². The van der Waals surface area contributed by atoms with E-state index < -0.39 is 0 Å². The van der Waals surface area contributed by atoms with Crippen LogP contribution in [0.2, 0.25) is 0 Å². The fourth-order valence-electron chi connectivity index (χ4n) is 1.09. The first-order valence-electron chi connectivity index (χ1n) is 4.26. The van der Waals surface area contributed by atoms with Crippen molar-refractivity contribution in [3.8, 4) is 11.3 Å². The Morgan fingerprint density at radius 2 is 2.43 bits per heavy atom. The highest BCUT2D eigenvalue weighted by atomic mass is 32.2. The molecule has 0 fully saturated rings. The molecule has 2 heterocycles. The quantitative estimate of drug-likeness (QED) is 0.722. The lowest BCUT2D eigenvalue weighted by Crippen LogP contribution is -1.83. The Bertz CT molecular complexity index is 402. The van der Waals surface area contributed by atoms with Crippen molar-refractivity contribution in [2.45, 2.75) is 11.9 Å². The molecular formula is C9H9N3OS. The Kier molecular flexibility index (Phi) is 2.78. The molecule has 4 nitrogen and oxygen atoms in total. The van der Waals surface area contributed by atoms with Gasteiger partial charge in [-0.2, -0.15) is 0 Å². The smallest absolute Gasteiger partial charge is 0.152 e. The van der Waals surface area contributed by atoms with Gasteiger partial charge in [-0.05, 0) is 17.9 Å². The van der Waals surface area contributed by atoms with Gasteiger partial charge in [0.25, 0.3) is 0 Å². The van der Waals surface area contributed by atoms with Crippen LogP contribution >= 0.6 is 11.8 Å². The van der Waals surface area contributed by atoms with Crippen molar-refractivity contribution < 1.29 is 4.52 Å². The molecule has 14 heavy (non-hydrogen) atoms. The Morgan fingerprint density at radius 1 is 1.50 bits per heavy atom. The molecule has 72 valence electrons. The summed E-state index contributed by atoms with van der Waals surface area (Å²) in [5.41, 5.74) is 1.72. The summed E-state index contributed by atoms with van der Waals surface area (Å²) in [6, 6.07) is 3.87. The van der Waals surface area contributed by atoms with E-state index in [1.54, 1.807) is 18.0 Å². The normalized spacial score (nSPS) is 10.4. The van der Waals surface area contributed by atoms with E-state index in [0.717, 1.165) is 22.0 Å². The van der Waals surface area contributed by atoms with Crippen molar-refractivity contribution in [3.05, 3.63) is 24.6 Å². The highest BCUT2D eigenvalue weighted by Crippen LogP contribution is 2.21. The van der Waals surface area contributed by atoms with E-state index in [9.17, 15) is 0 Å². The Labute approximate surface area is 85.7 Å². The van der Waals surface area contributed by atoms with Gasteiger partial charge in [0.05, 0.1) is 5.03 Å². The zero-order valence-electron chi connectivity index (χ0n) is 7.67. The Morgan fingerprint density at radius 3 is 3.14 bits per heavy atom. The van der Waals surface area contributed by atoms with E-state index in [2.05, 4.69) is 26.8 Å². The van der Waals surface area contributed by atoms with Crippen LogP contribution in [0.1, 0.15) is 6.92 Å². The van der Waals surface area contributed by atoms with Gasteiger partial charge in [0, 0.05) is 17.0 Å². The van der Waals surface area contributed by atoms with Crippen molar-refractivity contribution in [1.29, 1.82) is 0 Å². The molecule has 0 bridgehead atoms. The van der Waals surface area contributed by atoms with Crippen LogP contribution in [-0.2, 0) is 0 Å². The fourth-order valence-corrected chi connectivity index (χ4v) is 1.73. The molecule has 0 spiro atoms. The average Bonchev–Trinajstić information content (AvgIpc) is 2.71. The SMILES string of the molecule is CCSc1cc(-c2conn2)ccn1. The molecule has 0 amide bonds. The topological polar surface area (TPSA) is 51.8 Å². The first-order chi connectivity index (χ1) is 6.90. The average molecular weight is 207 g/mol. The van der Waals surface area contributed by atoms with Crippen LogP contribution in [0.3, 0.4) is 0 Å². The number of hydrogen-bond donors (Lipinski definition) is 0. The third-order valence-corrected chi connectivity index (χ3v) is 2.49. The van der Waals surface area contributed by atoms with Crippen molar-refractivity contribution >= 4 is 11.8 Å². The van der Waals surface area contributed by atoms with Crippen LogP contribution in [-0.4, -0.2) is 21.1 Å². The second-order valence-electron chi connectivity index (χ2n) is 2.61. The molecule has 2 rings (SSSR count). The summed E-state index contributed by atoms with van der Waals surface area (Å²) in [5, 5.41) is 8.25. The molecule has 0 atom stereocenters. The second-order valence-corrected chi connectivity index (χ2v) is 3.89. The maximum absolute atomic E-state index is 4.68. The fraction of sp³-hybridized carbons (Fsp3) is 0.222. The monoisotopic (exact) mass is 207 g/mol. The molecule has 2 aromatic rings. The van der Waals surface area contributed by atoms with Crippen LogP contribution in [0.15, 0.2) is 34.1 Å². The number of nitrogens with zero attached hydrogens (tertiary/aromatic N) is 3. The van der Waals surface area contributed by atoms with Crippen LogP contribution < -0.4 is 0 Å². The Balaban J connectivity index is 2.31. The van der Waals surface area contributed by atoms with Gasteiger partial charge in [-0.1, -0.05) is 6.92 Å². The number of aromatic nitrogens is 3. The van der Waals surface area contributed by atoms with Crippen molar-refractivity contribution in [1.82, 2.24) is 15.4 Å².